The highest BCUT2D eigenvalue weighted by molar-refractivity contribution is 5.88. The molecule has 0 radical (unpaired) electrons. The summed E-state index contributed by atoms with van der Waals surface area (Å²) >= 11 is 0. The zero-order valence-electron chi connectivity index (χ0n) is 15.2. The lowest BCUT2D eigenvalue weighted by molar-refractivity contribution is -0.138. The van der Waals surface area contributed by atoms with Gasteiger partial charge in [-0.25, -0.2) is 0 Å². The van der Waals surface area contributed by atoms with E-state index in [0.29, 0.717) is 18.7 Å². The van der Waals surface area contributed by atoms with Crippen molar-refractivity contribution in [3.05, 3.63) is 42.0 Å². The van der Waals surface area contributed by atoms with Gasteiger partial charge >= 0.3 is 0 Å². The third-order valence-corrected chi connectivity index (χ3v) is 4.46. The van der Waals surface area contributed by atoms with Gasteiger partial charge in [-0.2, -0.15) is 5.10 Å². The molecule has 3 heterocycles. The lowest BCUT2D eigenvalue weighted by Gasteiger charge is -2.23. The summed E-state index contributed by atoms with van der Waals surface area (Å²) < 4.78 is 7.56. The van der Waals surface area contributed by atoms with E-state index in [-0.39, 0.29) is 24.5 Å². The van der Waals surface area contributed by atoms with Crippen LogP contribution in [0.2, 0.25) is 0 Å². The molecule has 1 aliphatic heterocycles. The van der Waals surface area contributed by atoms with E-state index >= 15 is 0 Å². The largest absolute Gasteiger partial charge is 0.487 e. The minimum Gasteiger partial charge on any atom is -0.487 e. The molecule has 0 bridgehead atoms. The molecule has 1 aliphatic rings. The van der Waals surface area contributed by atoms with Gasteiger partial charge < -0.3 is 15.0 Å². The van der Waals surface area contributed by atoms with E-state index in [4.69, 9.17) is 4.74 Å². The molecule has 1 saturated heterocycles. The van der Waals surface area contributed by atoms with E-state index < -0.39 is 6.04 Å². The highest BCUT2D eigenvalue weighted by Crippen LogP contribution is 2.23. The number of likely N-dealkylation sites (N-methyl/N-ethyl adjacent to an activating group) is 1. The lowest BCUT2D eigenvalue weighted by atomic mass is 10.2. The average molecular weight is 357 g/mol. The number of nitrogens with one attached hydrogen (secondary N) is 1. The standard InChI is InChI=1S/C18H23N5O3/c1-12-7-13(2)23(21-12)11-17(24)22-10-15(8-16(22)18(25)19-3)26-14-5-4-6-20-9-14/h4-7,9,15-16H,8,10-11H2,1-3H3,(H,19,25)/t15-,16-/m0/s1. The number of carbonyl (C=O) groups is 2. The maximum Gasteiger partial charge on any atom is 0.245 e. The first-order valence-electron chi connectivity index (χ1n) is 8.56. The molecule has 0 aromatic carbocycles. The van der Waals surface area contributed by atoms with Gasteiger partial charge in [-0.05, 0) is 32.0 Å². The average Bonchev–Trinajstić information content (AvgIpc) is 3.18. The predicted molar refractivity (Wildman–Crippen MR) is 94.5 cm³/mol. The van der Waals surface area contributed by atoms with Crippen molar-refractivity contribution in [3.8, 4) is 5.75 Å². The van der Waals surface area contributed by atoms with Crippen LogP contribution in [0.4, 0.5) is 0 Å². The Balaban J connectivity index is 1.73. The van der Waals surface area contributed by atoms with Crippen molar-refractivity contribution in [1.82, 2.24) is 25.0 Å². The number of hydrogen-bond acceptors (Lipinski definition) is 5. The van der Waals surface area contributed by atoms with E-state index in [2.05, 4.69) is 15.4 Å². The zero-order chi connectivity index (χ0) is 18.7. The van der Waals surface area contributed by atoms with Crippen LogP contribution in [0.1, 0.15) is 17.8 Å². The molecule has 26 heavy (non-hydrogen) atoms. The van der Waals surface area contributed by atoms with Crippen molar-refractivity contribution >= 4 is 11.8 Å². The van der Waals surface area contributed by atoms with Crippen LogP contribution < -0.4 is 10.1 Å². The highest BCUT2D eigenvalue weighted by Gasteiger charge is 2.40. The van der Waals surface area contributed by atoms with Crippen molar-refractivity contribution in [2.75, 3.05) is 13.6 Å². The van der Waals surface area contributed by atoms with Gasteiger partial charge in [0.2, 0.25) is 11.8 Å². The minimum atomic E-state index is -0.550. The molecule has 2 amide bonds. The number of amides is 2. The number of ether oxygens (including phenoxy) is 1. The van der Waals surface area contributed by atoms with Crippen molar-refractivity contribution < 1.29 is 14.3 Å². The van der Waals surface area contributed by atoms with Crippen LogP contribution >= 0.6 is 0 Å². The molecule has 8 heteroatoms. The van der Waals surface area contributed by atoms with Crippen molar-refractivity contribution in [3.63, 3.8) is 0 Å². The molecular formula is C18H23N5O3. The maximum atomic E-state index is 12.8. The number of aryl methyl sites for hydroxylation is 2. The Morgan fingerprint density at radius 1 is 1.38 bits per heavy atom. The van der Waals surface area contributed by atoms with Crippen LogP contribution in [0.3, 0.4) is 0 Å². The second-order valence-corrected chi connectivity index (χ2v) is 6.43. The SMILES string of the molecule is CNC(=O)[C@@H]1C[C@H](Oc2cccnc2)CN1C(=O)Cn1nc(C)cc1C. The third kappa shape index (κ3) is 3.84. The fourth-order valence-corrected chi connectivity index (χ4v) is 3.24. The van der Waals surface area contributed by atoms with Crippen LogP contribution in [0.25, 0.3) is 0 Å². The van der Waals surface area contributed by atoms with Gasteiger partial charge in [-0.1, -0.05) is 0 Å². The summed E-state index contributed by atoms with van der Waals surface area (Å²) in [6.07, 6.45) is 3.47. The summed E-state index contributed by atoms with van der Waals surface area (Å²) in [6.45, 7) is 4.24. The summed E-state index contributed by atoms with van der Waals surface area (Å²) in [7, 11) is 1.57. The van der Waals surface area contributed by atoms with Crippen LogP contribution in [0.15, 0.2) is 30.6 Å². The molecule has 0 saturated carbocycles. The topological polar surface area (TPSA) is 89.4 Å². The van der Waals surface area contributed by atoms with E-state index in [0.717, 1.165) is 11.4 Å². The molecule has 1 N–H and O–H groups in total. The zero-order valence-corrected chi connectivity index (χ0v) is 15.2. The summed E-state index contributed by atoms with van der Waals surface area (Å²) in [5.74, 6) is 0.284. The number of aromatic nitrogens is 3. The smallest absolute Gasteiger partial charge is 0.245 e. The van der Waals surface area contributed by atoms with Crippen molar-refractivity contribution in [1.29, 1.82) is 0 Å². The molecule has 2 aromatic rings. The molecule has 1 fully saturated rings. The molecule has 8 nitrogen and oxygen atoms in total. The van der Waals surface area contributed by atoms with Crippen molar-refractivity contribution in [2.45, 2.75) is 39.0 Å². The van der Waals surface area contributed by atoms with Crippen LogP contribution in [0, 0.1) is 13.8 Å². The summed E-state index contributed by atoms with van der Waals surface area (Å²) in [6, 6.07) is 4.96. The quantitative estimate of drug-likeness (QED) is 0.850. The van der Waals surface area contributed by atoms with Gasteiger partial charge in [0.1, 0.15) is 24.4 Å². The van der Waals surface area contributed by atoms with Crippen molar-refractivity contribution in [2.24, 2.45) is 0 Å². The number of carbonyl (C=O) groups excluding carboxylic acids is 2. The molecule has 2 aromatic heterocycles. The number of rotatable bonds is 5. The summed E-state index contributed by atoms with van der Waals surface area (Å²) in [5.41, 5.74) is 1.77. The Labute approximate surface area is 152 Å². The van der Waals surface area contributed by atoms with Gasteiger partial charge in [0, 0.05) is 25.4 Å². The first-order chi connectivity index (χ1) is 12.5. The minimum absolute atomic E-state index is 0.104. The van der Waals surface area contributed by atoms with E-state index in [9.17, 15) is 9.59 Å². The molecule has 2 atom stereocenters. The molecule has 0 spiro atoms. The van der Waals surface area contributed by atoms with Gasteiger partial charge in [-0.15, -0.1) is 0 Å². The molecule has 0 unspecified atom stereocenters. The van der Waals surface area contributed by atoms with Gasteiger partial charge in [0.25, 0.3) is 0 Å². The van der Waals surface area contributed by atoms with Crippen LogP contribution in [-0.2, 0) is 16.1 Å². The normalized spacial score (nSPS) is 19.4. The fourth-order valence-electron chi connectivity index (χ4n) is 3.24. The Bertz CT molecular complexity index is 789. The predicted octanol–water partition coefficient (Wildman–Crippen LogP) is 0.689. The van der Waals surface area contributed by atoms with Crippen LogP contribution in [0.5, 0.6) is 5.75 Å². The lowest BCUT2D eigenvalue weighted by Crippen LogP contribution is -2.46. The Hall–Kier alpha value is -2.90. The van der Waals surface area contributed by atoms with E-state index in [1.54, 1.807) is 35.1 Å². The fraction of sp³-hybridized carbons (Fsp3) is 0.444. The second kappa shape index (κ2) is 7.55. The van der Waals surface area contributed by atoms with E-state index in [1.807, 2.05) is 26.0 Å². The summed E-state index contributed by atoms with van der Waals surface area (Å²) in [5, 5.41) is 6.96. The van der Waals surface area contributed by atoms with Gasteiger partial charge in [-0.3, -0.25) is 19.3 Å². The number of pyridine rings is 1. The highest BCUT2D eigenvalue weighted by atomic mass is 16.5. The molecule has 3 rings (SSSR count). The number of hydrogen-bond donors (Lipinski definition) is 1. The van der Waals surface area contributed by atoms with Crippen LogP contribution in [-0.4, -0.2) is 57.2 Å². The van der Waals surface area contributed by atoms with Gasteiger partial charge in [0.05, 0.1) is 18.4 Å². The Morgan fingerprint density at radius 3 is 2.81 bits per heavy atom. The molecular weight excluding hydrogens is 334 g/mol. The molecule has 0 aliphatic carbocycles. The Morgan fingerprint density at radius 2 is 2.19 bits per heavy atom. The molecule has 138 valence electrons. The first-order valence-corrected chi connectivity index (χ1v) is 8.56. The number of nitrogens with zero attached hydrogens (tertiary/aromatic N) is 4. The monoisotopic (exact) mass is 357 g/mol. The third-order valence-electron chi connectivity index (χ3n) is 4.46. The second-order valence-electron chi connectivity index (χ2n) is 6.43. The maximum absolute atomic E-state index is 12.8. The number of likely N-dealkylation sites (tertiary alicyclic amines) is 1. The Kier molecular flexibility index (Phi) is 5.20. The van der Waals surface area contributed by atoms with E-state index in [1.165, 1.54) is 0 Å². The summed E-state index contributed by atoms with van der Waals surface area (Å²) in [4.78, 5) is 30.7. The first kappa shape index (κ1) is 17.9. The van der Waals surface area contributed by atoms with Gasteiger partial charge in [0.15, 0.2) is 0 Å².